The molecule has 1 aliphatic rings. The van der Waals surface area contributed by atoms with E-state index in [4.69, 9.17) is 5.73 Å². The Bertz CT molecular complexity index is 671. The standard InChI is InChI=1S/C17H26FN3O3S/c1-20(25(23,24)16-6-4-15(18)5-7-16)10-2-3-17(22)21-11-8-14(13-19)9-12-21/h4-7,14H,2-3,8-13,19H2,1H3. The fourth-order valence-corrected chi connectivity index (χ4v) is 4.15. The molecule has 25 heavy (non-hydrogen) atoms. The van der Waals surface area contributed by atoms with Gasteiger partial charge in [0.25, 0.3) is 0 Å². The molecule has 1 heterocycles. The van der Waals surface area contributed by atoms with Gasteiger partial charge in [0, 0.05) is 33.1 Å². The van der Waals surface area contributed by atoms with E-state index in [2.05, 4.69) is 0 Å². The van der Waals surface area contributed by atoms with Crippen molar-refractivity contribution in [2.75, 3.05) is 33.2 Å². The lowest BCUT2D eigenvalue weighted by Gasteiger charge is -2.31. The number of hydrogen-bond donors (Lipinski definition) is 1. The highest BCUT2D eigenvalue weighted by Crippen LogP contribution is 2.18. The number of halogens is 1. The molecule has 0 bridgehead atoms. The molecule has 2 rings (SSSR count). The maximum Gasteiger partial charge on any atom is 0.242 e. The number of rotatable bonds is 7. The monoisotopic (exact) mass is 371 g/mol. The molecule has 0 atom stereocenters. The van der Waals surface area contributed by atoms with Crippen molar-refractivity contribution >= 4 is 15.9 Å². The van der Waals surface area contributed by atoms with Gasteiger partial charge in [-0.3, -0.25) is 4.79 Å². The number of nitrogens with zero attached hydrogens (tertiary/aromatic N) is 2. The topological polar surface area (TPSA) is 83.7 Å². The summed E-state index contributed by atoms with van der Waals surface area (Å²) in [6, 6.07) is 4.73. The largest absolute Gasteiger partial charge is 0.343 e. The molecule has 0 radical (unpaired) electrons. The molecule has 6 nitrogen and oxygen atoms in total. The summed E-state index contributed by atoms with van der Waals surface area (Å²) in [5.41, 5.74) is 5.65. The fraction of sp³-hybridized carbons (Fsp3) is 0.588. The Kier molecular flexibility index (Phi) is 6.92. The average Bonchev–Trinajstić information content (AvgIpc) is 2.62. The van der Waals surface area contributed by atoms with Crippen LogP contribution in [0.15, 0.2) is 29.2 Å². The molecule has 0 aliphatic carbocycles. The van der Waals surface area contributed by atoms with E-state index in [-0.39, 0.29) is 17.3 Å². The van der Waals surface area contributed by atoms with E-state index in [1.54, 1.807) is 0 Å². The molecule has 8 heteroatoms. The summed E-state index contributed by atoms with van der Waals surface area (Å²) < 4.78 is 38.9. The normalized spacial score (nSPS) is 16.4. The predicted molar refractivity (Wildman–Crippen MR) is 93.8 cm³/mol. The van der Waals surface area contributed by atoms with Gasteiger partial charge in [-0.15, -0.1) is 0 Å². The highest BCUT2D eigenvalue weighted by atomic mass is 32.2. The lowest BCUT2D eigenvalue weighted by molar-refractivity contribution is -0.132. The van der Waals surface area contributed by atoms with Gasteiger partial charge in [-0.05, 0) is 56.0 Å². The van der Waals surface area contributed by atoms with E-state index in [1.165, 1.54) is 23.5 Å². The third kappa shape index (κ3) is 5.23. The van der Waals surface area contributed by atoms with Crippen molar-refractivity contribution in [2.24, 2.45) is 11.7 Å². The number of hydrogen-bond acceptors (Lipinski definition) is 4. The van der Waals surface area contributed by atoms with E-state index in [1.807, 2.05) is 4.90 Å². The summed E-state index contributed by atoms with van der Waals surface area (Å²) in [5, 5.41) is 0. The Morgan fingerprint density at radius 3 is 2.44 bits per heavy atom. The highest BCUT2D eigenvalue weighted by Gasteiger charge is 2.23. The van der Waals surface area contributed by atoms with Crippen LogP contribution in [-0.2, 0) is 14.8 Å². The zero-order valence-electron chi connectivity index (χ0n) is 14.5. The summed E-state index contributed by atoms with van der Waals surface area (Å²) in [6.07, 6.45) is 2.63. The van der Waals surface area contributed by atoms with Gasteiger partial charge in [-0.1, -0.05) is 0 Å². The SMILES string of the molecule is CN(CCCC(=O)N1CCC(CN)CC1)S(=O)(=O)c1ccc(F)cc1. The van der Waals surface area contributed by atoms with Crippen LogP contribution in [0.25, 0.3) is 0 Å². The first kappa shape index (κ1) is 19.8. The smallest absolute Gasteiger partial charge is 0.242 e. The van der Waals surface area contributed by atoms with Crippen molar-refractivity contribution in [3.63, 3.8) is 0 Å². The molecular weight excluding hydrogens is 345 g/mol. The summed E-state index contributed by atoms with van der Waals surface area (Å²) in [4.78, 5) is 14.1. The van der Waals surface area contributed by atoms with E-state index in [9.17, 15) is 17.6 Å². The van der Waals surface area contributed by atoms with E-state index < -0.39 is 15.8 Å². The molecule has 1 amide bonds. The van der Waals surface area contributed by atoms with Gasteiger partial charge in [-0.25, -0.2) is 17.1 Å². The van der Waals surface area contributed by atoms with Gasteiger partial charge in [0.15, 0.2) is 0 Å². The Labute approximate surface area is 148 Å². The maximum absolute atomic E-state index is 12.9. The van der Waals surface area contributed by atoms with Gasteiger partial charge >= 0.3 is 0 Å². The quantitative estimate of drug-likeness (QED) is 0.786. The van der Waals surface area contributed by atoms with Crippen LogP contribution in [0.4, 0.5) is 4.39 Å². The van der Waals surface area contributed by atoms with Crippen LogP contribution in [0.5, 0.6) is 0 Å². The number of piperidine rings is 1. The number of likely N-dealkylation sites (tertiary alicyclic amines) is 1. The Morgan fingerprint density at radius 2 is 1.88 bits per heavy atom. The van der Waals surface area contributed by atoms with Crippen LogP contribution < -0.4 is 5.73 Å². The van der Waals surface area contributed by atoms with E-state index in [0.29, 0.717) is 25.3 Å². The predicted octanol–water partition coefficient (Wildman–Crippen LogP) is 1.42. The fourth-order valence-electron chi connectivity index (χ4n) is 2.94. The van der Waals surface area contributed by atoms with Crippen molar-refractivity contribution in [3.05, 3.63) is 30.1 Å². The van der Waals surface area contributed by atoms with Gasteiger partial charge in [-0.2, -0.15) is 0 Å². The van der Waals surface area contributed by atoms with E-state index in [0.717, 1.165) is 38.1 Å². The van der Waals surface area contributed by atoms with Crippen molar-refractivity contribution in [3.8, 4) is 0 Å². The van der Waals surface area contributed by atoms with Crippen LogP contribution in [0.3, 0.4) is 0 Å². The Morgan fingerprint density at radius 1 is 1.28 bits per heavy atom. The number of benzene rings is 1. The molecule has 1 fully saturated rings. The minimum Gasteiger partial charge on any atom is -0.343 e. The summed E-state index contributed by atoms with van der Waals surface area (Å²) in [7, 11) is -2.19. The third-order valence-electron chi connectivity index (χ3n) is 4.69. The summed E-state index contributed by atoms with van der Waals surface area (Å²) in [5.74, 6) is 0.0738. The van der Waals surface area contributed by atoms with Crippen LogP contribution in [-0.4, -0.2) is 56.8 Å². The third-order valence-corrected chi connectivity index (χ3v) is 6.56. The number of sulfonamides is 1. The first-order valence-corrected chi connectivity index (χ1v) is 9.98. The second-order valence-electron chi connectivity index (χ2n) is 6.44. The second kappa shape index (κ2) is 8.73. The lowest BCUT2D eigenvalue weighted by atomic mass is 9.97. The van der Waals surface area contributed by atoms with Gasteiger partial charge in [0.05, 0.1) is 4.90 Å². The van der Waals surface area contributed by atoms with Gasteiger partial charge < -0.3 is 10.6 Å². The first-order valence-electron chi connectivity index (χ1n) is 8.54. The van der Waals surface area contributed by atoms with Crippen molar-refractivity contribution < 1.29 is 17.6 Å². The van der Waals surface area contributed by atoms with Crippen LogP contribution >= 0.6 is 0 Å². The molecule has 1 aromatic carbocycles. The molecule has 2 N–H and O–H groups in total. The van der Waals surface area contributed by atoms with Gasteiger partial charge in [0.1, 0.15) is 5.82 Å². The second-order valence-corrected chi connectivity index (χ2v) is 8.49. The van der Waals surface area contributed by atoms with Crippen LogP contribution in [0.1, 0.15) is 25.7 Å². The molecule has 0 aromatic heterocycles. The first-order chi connectivity index (χ1) is 11.8. The molecule has 0 unspecified atom stereocenters. The van der Waals surface area contributed by atoms with E-state index >= 15 is 0 Å². The Hall–Kier alpha value is -1.51. The van der Waals surface area contributed by atoms with Gasteiger partial charge in [0.2, 0.25) is 15.9 Å². The number of carbonyl (C=O) groups excluding carboxylic acids is 1. The van der Waals surface area contributed by atoms with Crippen molar-refractivity contribution in [2.45, 2.75) is 30.6 Å². The molecule has 0 spiro atoms. The molecule has 1 aromatic rings. The van der Waals surface area contributed by atoms with Crippen LogP contribution in [0, 0.1) is 11.7 Å². The average molecular weight is 371 g/mol. The van der Waals surface area contributed by atoms with Crippen LogP contribution in [0.2, 0.25) is 0 Å². The minimum absolute atomic E-state index is 0.0478. The zero-order chi connectivity index (χ0) is 18.4. The summed E-state index contributed by atoms with van der Waals surface area (Å²) >= 11 is 0. The van der Waals surface area contributed by atoms with Crippen molar-refractivity contribution in [1.29, 1.82) is 0 Å². The molecule has 140 valence electrons. The molecule has 1 saturated heterocycles. The summed E-state index contributed by atoms with van der Waals surface area (Å²) in [6.45, 7) is 2.35. The zero-order valence-corrected chi connectivity index (χ0v) is 15.3. The minimum atomic E-state index is -3.66. The molecule has 1 aliphatic heterocycles. The lowest BCUT2D eigenvalue weighted by Crippen LogP contribution is -2.40. The number of carbonyl (C=O) groups is 1. The maximum atomic E-state index is 12.9. The Balaban J connectivity index is 1.80. The number of amides is 1. The highest BCUT2D eigenvalue weighted by molar-refractivity contribution is 7.89. The molecular formula is C17H26FN3O3S. The number of nitrogens with two attached hydrogens (primary N) is 1. The molecule has 0 saturated carbocycles. The van der Waals surface area contributed by atoms with Crippen molar-refractivity contribution in [1.82, 2.24) is 9.21 Å².